The summed E-state index contributed by atoms with van der Waals surface area (Å²) in [6, 6.07) is 14.8. The van der Waals surface area contributed by atoms with E-state index in [2.05, 4.69) is 38.6 Å². The maximum absolute atomic E-state index is 13.9. The summed E-state index contributed by atoms with van der Waals surface area (Å²) >= 11 is 0. The number of benzene rings is 1. The van der Waals surface area contributed by atoms with Crippen molar-refractivity contribution in [1.29, 1.82) is 0 Å². The number of fused-ring (bicyclic) bond motifs is 1. The van der Waals surface area contributed by atoms with Gasteiger partial charge in [-0.1, -0.05) is 36.8 Å². The van der Waals surface area contributed by atoms with Gasteiger partial charge in [-0.05, 0) is 62.4 Å². The molecule has 5 nitrogen and oxygen atoms in total. The zero-order valence-corrected chi connectivity index (χ0v) is 18.9. The Morgan fingerprint density at radius 2 is 1.84 bits per heavy atom. The number of aromatic nitrogens is 1. The molecule has 3 heterocycles. The molecule has 3 atom stereocenters. The first-order chi connectivity index (χ1) is 15.3. The maximum atomic E-state index is 13.9. The van der Waals surface area contributed by atoms with Gasteiger partial charge in [-0.3, -0.25) is 4.79 Å². The Morgan fingerprint density at radius 1 is 1.06 bits per heavy atom. The number of piperidine rings is 2. The lowest BCUT2D eigenvalue weighted by Gasteiger charge is -2.46. The number of hydrogen-bond acceptors (Lipinski definition) is 3. The Labute approximate surface area is 187 Å². The fourth-order valence-corrected chi connectivity index (χ4v) is 5.49. The molecular weight excluding hydrogens is 386 g/mol. The molecule has 1 amide bonds. The van der Waals surface area contributed by atoms with Crippen molar-refractivity contribution in [2.45, 2.75) is 50.6 Å². The van der Waals surface area contributed by atoms with E-state index in [1.807, 2.05) is 30.6 Å². The SMILES string of the molecule is COCCN(C[C@@H]1CCCN2CCCC[C@H]12)C(=O)[C@@H](Cc1ccccc1)n1cccc1. The van der Waals surface area contributed by atoms with Crippen LogP contribution in [0.4, 0.5) is 0 Å². The molecule has 1 aromatic heterocycles. The Morgan fingerprint density at radius 3 is 2.61 bits per heavy atom. The molecule has 2 aromatic rings. The smallest absolute Gasteiger partial charge is 0.246 e. The van der Waals surface area contributed by atoms with Gasteiger partial charge in [-0.15, -0.1) is 0 Å². The van der Waals surface area contributed by atoms with Crippen LogP contribution in [0.15, 0.2) is 54.9 Å². The van der Waals surface area contributed by atoms with Gasteiger partial charge >= 0.3 is 0 Å². The Bertz CT molecular complexity index is 790. The largest absolute Gasteiger partial charge is 0.383 e. The zero-order valence-electron chi connectivity index (χ0n) is 18.9. The van der Waals surface area contributed by atoms with E-state index in [-0.39, 0.29) is 11.9 Å². The summed E-state index contributed by atoms with van der Waals surface area (Å²) in [5, 5.41) is 0. The number of carbonyl (C=O) groups excluding carboxylic acids is 1. The van der Waals surface area contributed by atoms with E-state index in [0.29, 0.717) is 31.5 Å². The summed E-state index contributed by atoms with van der Waals surface area (Å²) < 4.78 is 7.47. The number of ether oxygens (including phenoxy) is 1. The highest BCUT2D eigenvalue weighted by molar-refractivity contribution is 5.81. The molecule has 0 aliphatic carbocycles. The predicted molar refractivity (Wildman–Crippen MR) is 124 cm³/mol. The summed E-state index contributed by atoms with van der Waals surface area (Å²) in [7, 11) is 1.72. The number of methoxy groups -OCH3 is 1. The Hall–Kier alpha value is -2.11. The van der Waals surface area contributed by atoms with Crippen molar-refractivity contribution >= 4 is 5.91 Å². The van der Waals surface area contributed by atoms with Crippen LogP contribution in [0.1, 0.15) is 43.7 Å². The highest BCUT2D eigenvalue weighted by atomic mass is 16.5. The molecule has 0 bridgehead atoms. The monoisotopic (exact) mass is 423 g/mol. The van der Waals surface area contributed by atoms with Crippen molar-refractivity contribution < 1.29 is 9.53 Å². The molecule has 2 aliphatic rings. The topological polar surface area (TPSA) is 37.7 Å². The van der Waals surface area contributed by atoms with E-state index in [1.54, 1.807) is 7.11 Å². The number of carbonyl (C=O) groups is 1. The molecule has 5 heteroatoms. The number of amides is 1. The first-order valence-corrected chi connectivity index (χ1v) is 11.9. The van der Waals surface area contributed by atoms with Gasteiger partial charge in [0.2, 0.25) is 5.91 Å². The maximum Gasteiger partial charge on any atom is 0.246 e. The van der Waals surface area contributed by atoms with Crippen LogP contribution < -0.4 is 0 Å². The van der Waals surface area contributed by atoms with Crippen LogP contribution in [0.2, 0.25) is 0 Å². The Kier molecular flexibility index (Phi) is 7.81. The molecule has 0 radical (unpaired) electrons. The van der Waals surface area contributed by atoms with Crippen molar-refractivity contribution in [3.05, 3.63) is 60.4 Å². The van der Waals surface area contributed by atoms with E-state index >= 15 is 0 Å². The molecule has 168 valence electrons. The van der Waals surface area contributed by atoms with Gasteiger partial charge in [0.15, 0.2) is 0 Å². The third kappa shape index (κ3) is 5.58. The second-order valence-electron chi connectivity index (χ2n) is 9.11. The highest BCUT2D eigenvalue weighted by Crippen LogP contribution is 2.32. The molecule has 0 unspecified atom stereocenters. The highest BCUT2D eigenvalue weighted by Gasteiger charge is 2.36. The average molecular weight is 424 g/mol. The fraction of sp³-hybridized carbons (Fsp3) is 0.577. The van der Waals surface area contributed by atoms with Crippen molar-refractivity contribution in [3.8, 4) is 0 Å². The van der Waals surface area contributed by atoms with Gasteiger partial charge in [0.25, 0.3) is 0 Å². The average Bonchev–Trinajstić information content (AvgIpc) is 3.35. The minimum absolute atomic E-state index is 0.213. The summed E-state index contributed by atoms with van der Waals surface area (Å²) in [6.45, 7) is 4.54. The molecule has 2 fully saturated rings. The van der Waals surface area contributed by atoms with Crippen molar-refractivity contribution in [2.75, 3.05) is 39.9 Å². The van der Waals surface area contributed by atoms with Gasteiger partial charge < -0.3 is 19.1 Å². The molecule has 2 saturated heterocycles. The van der Waals surface area contributed by atoms with E-state index in [4.69, 9.17) is 4.74 Å². The third-order valence-electron chi connectivity index (χ3n) is 7.10. The second-order valence-corrected chi connectivity index (χ2v) is 9.11. The van der Waals surface area contributed by atoms with Gasteiger partial charge in [-0.2, -0.15) is 0 Å². The first kappa shape index (κ1) is 22.1. The Balaban J connectivity index is 1.53. The van der Waals surface area contributed by atoms with Crippen LogP contribution in [0.25, 0.3) is 0 Å². The lowest BCUT2D eigenvalue weighted by atomic mass is 9.83. The van der Waals surface area contributed by atoms with Crippen LogP contribution in [0.3, 0.4) is 0 Å². The van der Waals surface area contributed by atoms with Crippen molar-refractivity contribution in [1.82, 2.24) is 14.4 Å². The van der Waals surface area contributed by atoms with Crippen LogP contribution in [0.5, 0.6) is 0 Å². The summed E-state index contributed by atoms with van der Waals surface area (Å²) in [4.78, 5) is 18.7. The summed E-state index contributed by atoms with van der Waals surface area (Å²) in [5.41, 5.74) is 1.19. The minimum Gasteiger partial charge on any atom is -0.383 e. The lowest BCUT2D eigenvalue weighted by Crippen LogP contribution is -2.52. The van der Waals surface area contributed by atoms with Crippen LogP contribution in [-0.2, 0) is 16.0 Å². The van der Waals surface area contributed by atoms with E-state index in [9.17, 15) is 4.79 Å². The second kappa shape index (κ2) is 11.0. The summed E-state index contributed by atoms with van der Waals surface area (Å²) in [6.07, 6.45) is 11.1. The van der Waals surface area contributed by atoms with Crippen molar-refractivity contribution in [3.63, 3.8) is 0 Å². The summed E-state index contributed by atoms with van der Waals surface area (Å²) in [5.74, 6) is 0.780. The molecule has 0 N–H and O–H groups in total. The standard InChI is InChI=1S/C26H37N3O2/c1-31-19-18-29(21-23-12-9-17-27-14-6-5-13-24(23)27)26(30)25(28-15-7-8-16-28)20-22-10-3-2-4-11-22/h2-4,7-8,10-11,15-16,23-25H,5-6,9,12-14,17-21H2,1H3/t23-,24+,25+/m0/s1. The molecule has 2 aliphatic heterocycles. The fourth-order valence-electron chi connectivity index (χ4n) is 5.49. The molecule has 4 rings (SSSR count). The van der Waals surface area contributed by atoms with Crippen LogP contribution in [-0.4, -0.2) is 66.2 Å². The van der Waals surface area contributed by atoms with Gasteiger partial charge in [0, 0.05) is 45.1 Å². The minimum atomic E-state index is -0.222. The number of nitrogens with zero attached hydrogens (tertiary/aromatic N) is 3. The molecular formula is C26H37N3O2. The van der Waals surface area contributed by atoms with E-state index < -0.39 is 0 Å². The molecule has 0 saturated carbocycles. The predicted octanol–water partition coefficient (Wildman–Crippen LogP) is 4.01. The first-order valence-electron chi connectivity index (χ1n) is 11.9. The van der Waals surface area contributed by atoms with Crippen LogP contribution >= 0.6 is 0 Å². The van der Waals surface area contributed by atoms with Gasteiger partial charge in [0.1, 0.15) is 6.04 Å². The van der Waals surface area contributed by atoms with Crippen LogP contribution in [0, 0.1) is 5.92 Å². The van der Waals surface area contributed by atoms with E-state index in [0.717, 1.165) is 6.54 Å². The third-order valence-corrected chi connectivity index (χ3v) is 7.10. The van der Waals surface area contributed by atoms with E-state index in [1.165, 1.54) is 50.8 Å². The molecule has 31 heavy (non-hydrogen) atoms. The molecule has 1 aromatic carbocycles. The number of hydrogen-bond donors (Lipinski definition) is 0. The number of rotatable bonds is 9. The lowest BCUT2D eigenvalue weighted by molar-refractivity contribution is -0.137. The normalized spacial score (nSPS) is 22.6. The zero-order chi connectivity index (χ0) is 21.5. The van der Waals surface area contributed by atoms with Gasteiger partial charge in [0.05, 0.1) is 6.61 Å². The quantitative estimate of drug-likeness (QED) is 0.612. The van der Waals surface area contributed by atoms with Crippen molar-refractivity contribution in [2.24, 2.45) is 5.92 Å². The molecule has 0 spiro atoms. The van der Waals surface area contributed by atoms with Gasteiger partial charge in [-0.25, -0.2) is 0 Å².